The molecule has 0 saturated heterocycles. The SMILES string of the molecule is CNC(c1cc(OC)cc(OC)c1)c1cc(Br)c(C)s1. The number of thiophene rings is 1. The average Bonchev–Trinajstić information content (AvgIpc) is 2.78. The fourth-order valence-corrected chi connectivity index (χ4v) is 3.79. The summed E-state index contributed by atoms with van der Waals surface area (Å²) >= 11 is 5.35. The third-order valence-corrected chi connectivity index (χ3v) is 5.36. The Morgan fingerprint density at radius 3 is 2.10 bits per heavy atom. The molecule has 3 nitrogen and oxygen atoms in total. The summed E-state index contributed by atoms with van der Waals surface area (Å²) in [4.78, 5) is 2.53. The second-order valence-corrected chi connectivity index (χ2v) is 6.56. The summed E-state index contributed by atoms with van der Waals surface area (Å²) in [5.41, 5.74) is 1.12. The van der Waals surface area contributed by atoms with Crippen LogP contribution in [-0.4, -0.2) is 21.3 Å². The fraction of sp³-hybridized carbons (Fsp3) is 0.333. The van der Waals surface area contributed by atoms with Crippen LogP contribution in [0, 0.1) is 6.92 Å². The topological polar surface area (TPSA) is 30.5 Å². The van der Waals surface area contributed by atoms with E-state index in [-0.39, 0.29) is 6.04 Å². The number of hydrogen-bond acceptors (Lipinski definition) is 4. The largest absolute Gasteiger partial charge is 0.497 e. The van der Waals surface area contributed by atoms with E-state index in [0.717, 1.165) is 21.5 Å². The van der Waals surface area contributed by atoms with Gasteiger partial charge in [0, 0.05) is 20.3 Å². The van der Waals surface area contributed by atoms with E-state index in [2.05, 4.69) is 34.2 Å². The quantitative estimate of drug-likeness (QED) is 0.873. The van der Waals surface area contributed by atoms with Crippen molar-refractivity contribution in [1.29, 1.82) is 0 Å². The van der Waals surface area contributed by atoms with E-state index >= 15 is 0 Å². The Labute approximate surface area is 132 Å². The third kappa shape index (κ3) is 3.16. The third-order valence-electron chi connectivity index (χ3n) is 3.16. The number of methoxy groups -OCH3 is 2. The van der Waals surface area contributed by atoms with Crippen LogP contribution in [0.3, 0.4) is 0 Å². The summed E-state index contributed by atoms with van der Waals surface area (Å²) in [5.74, 6) is 1.60. The normalized spacial score (nSPS) is 12.2. The van der Waals surface area contributed by atoms with Gasteiger partial charge in [-0.2, -0.15) is 0 Å². The van der Waals surface area contributed by atoms with Crippen LogP contribution in [0.25, 0.3) is 0 Å². The highest BCUT2D eigenvalue weighted by Crippen LogP contribution is 2.36. The molecule has 1 N–H and O–H groups in total. The van der Waals surface area contributed by atoms with Crippen molar-refractivity contribution >= 4 is 27.3 Å². The van der Waals surface area contributed by atoms with Gasteiger partial charge in [0.2, 0.25) is 0 Å². The number of nitrogens with one attached hydrogen (secondary N) is 1. The first-order valence-electron chi connectivity index (χ1n) is 6.25. The Kier molecular flexibility index (Phi) is 5.07. The predicted molar refractivity (Wildman–Crippen MR) is 87.2 cm³/mol. The number of hydrogen-bond donors (Lipinski definition) is 1. The molecule has 0 radical (unpaired) electrons. The van der Waals surface area contributed by atoms with Gasteiger partial charge in [-0.15, -0.1) is 11.3 Å². The Morgan fingerprint density at radius 2 is 1.70 bits per heavy atom. The molecule has 0 amide bonds. The summed E-state index contributed by atoms with van der Waals surface area (Å²) < 4.78 is 11.8. The van der Waals surface area contributed by atoms with E-state index in [1.165, 1.54) is 9.75 Å². The van der Waals surface area contributed by atoms with Crippen molar-refractivity contribution in [2.75, 3.05) is 21.3 Å². The lowest BCUT2D eigenvalue weighted by Gasteiger charge is -2.17. The standard InChI is InChI=1S/C15H18BrNO2S/c1-9-13(16)8-14(20-9)15(17-2)10-5-11(18-3)7-12(6-10)19-4/h5-8,15,17H,1-4H3. The molecule has 20 heavy (non-hydrogen) atoms. The maximum atomic E-state index is 5.34. The van der Waals surface area contributed by atoms with Gasteiger partial charge in [-0.25, -0.2) is 0 Å². The maximum Gasteiger partial charge on any atom is 0.122 e. The molecule has 1 atom stereocenters. The summed E-state index contributed by atoms with van der Waals surface area (Å²) in [5, 5.41) is 3.36. The Bertz CT molecular complexity index is 556. The molecule has 0 spiro atoms. The molecule has 0 saturated carbocycles. The van der Waals surface area contributed by atoms with Crippen LogP contribution in [-0.2, 0) is 0 Å². The van der Waals surface area contributed by atoms with Crippen molar-refractivity contribution in [2.45, 2.75) is 13.0 Å². The van der Waals surface area contributed by atoms with Gasteiger partial charge in [0.25, 0.3) is 0 Å². The Morgan fingerprint density at radius 1 is 1.10 bits per heavy atom. The van der Waals surface area contributed by atoms with Crippen molar-refractivity contribution in [3.05, 3.63) is 44.1 Å². The van der Waals surface area contributed by atoms with Crippen LogP contribution in [0.15, 0.2) is 28.7 Å². The van der Waals surface area contributed by atoms with E-state index in [1.54, 1.807) is 25.6 Å². The maximum absolute atomic E-state index is 5.34. The van der Waals surface area contributed by atoms with Crippen molar-refractivity contribution in [3.8, 4) is 11.5 Å². The molecule has 1 aromatic heterocycles. The molecule has 0 fully saturated rings. The number of rotatable bonds is 5. The van der Waals surface area contributed by atoms with E-state index in [4.69, 9.17) is 9.47 Å². The average molecular weight is 356 g/mol. The van der Waals surface area contributed by atoms with Crippen LogP contribution in [0.5, 0.6) is 11.5 Å². The minimum Gasteiger partial charge on any atom is -0.497 e. The van der Waals surface area contributed by atoms with E-state index in [0.29, 0.717) is 0 Å². The van der Waals surface area contributed by atoms with Crippen LogP contribution in [0.2, 0.25) is 0 Å². The molecule has 1 heterocycles. The first-order chi connectivity index (χ1) is 9.58. The molecular formula is C15H18BrNO2S. The highest BCUT2D eigenvalue weighted by molar-refractivity contribution is 9.10. The number of aryl methyl sites for hydroxylation is 1. The van der Waals surface area contributed by atoms with E-state index < -0.39 is 0 Å². The van der Waals surface area contributed by atoms with E-state index in [1.807, 2.05) is 25.2 Å². The summed E-state index contributed by atoms with van der Waals surface area (Å²) in [6, 6.07) is 8.23. The lowest BCUT2D eigenvalue weighted by atomic mass is 10.0. The fourth-order valence-electron chi connectivity index (χ4n) is 2.09. The molecule has 2 rings (SSSR count). The molecule has 0 aliphatic carbocycles. The molecule has 0 aliphatic rings. The van der Waals surface area contributed by atoms with Crippen molar-refractivity contribution < 1.29 is 9.47 Å². The smallest absolute Gasteiger partial charge is 0.122 e. The number of benzene rings is 1. The van der Waals surface area contributed by atoms with Crippen LogP contribution in [0.1, 0.15) is 21.4 Å². The van der Waals surface area contributed by atoms with Gasteiger partial charge < -0.3 is 14.8 Å². The molecule has 1 aromatic carbocycles. The lowest BCUT2D eigenvalue weighted by Crippen LogP contribution is -2.16. The summed E-state index contributed by atoms with van der Waals surface area (Å²) in [6.07, 6.45) is 0. The monoisotopic (exact) mass is 355 g/mol. The Balaban J connectivity index is 2.45. The van der Waals surface area contributed by atoms with Crippen molar-refractivity contribution in [2.24, 2.45) is 0 Å². The first-order valence-corrected chi connectivity index (χ1v) is 7.86. The molecule has 108 valence electrons. The van der Waals surface area contributed by atoms with Crippen LogP contribution >= 0.6 is 27.3 Å². The van der Waals surface area contributed by atoms with Gasteiger partial charge in [0.05, 0.1) is 20.3 Å². The summed E-state index contributed by atoms with van der Waals surface area (Å²) in [7, 11) is 5.29. The summed E-state index contributed by atoms with van der Waals surface area (Å²) in [6.45, 7) is 2.11. The zero-order valence-electron chi connectivity index (χ0n) is 12.0. The van der Waals surface area contributed by atoms with Crippen molar-refractivity contribution in [1.82, 2.24) is 5.32 Å². The second kappa shape index (κ2) is 6.61. The van der Waals surface area contributed by atoms with Gasteiger partial charge >= 0.3 is 0 Å². The van der Waals surface area contributed by atoms with Gasteiger partial charge in [-0.05, 0) is 53.7 Å². The molecule has 1 unspecified atom stereocenters. The predicted octanol–water partition coefficient (Wildman–Crippen LogP) is 4.15. The zero-order valence-corrected chi connectivity index (χ0v) is 14.4. The van der Waals surface area contributed by atoms with Gasteiger partial charge in [-0.1, -0.05) is 0 Å². The highest BCUT2D eigenvalue weighted by Gasteiger charge is 2.17. The lowest BCUT2D eigenvalue weighted by molar-refractivity contribution is 0.392. The first kappa shape index (κ1) is 15.4. The van der Waals surface area contributed by atoms with E-state index in [9.17, 15) is 0 Å². The molecular weight excluding hydrogens is 338 g/mol. The van der Waals surface area contributed by atoms with Crippen LogP contribution < -0.4 is 14.8 Å². The zero-order chi connectivity index (χ0) is 14.7. The van der Waals surface area contributed by atoms with Gasteiger partial charge in [0.15, 0.2) is 0 Å². The Hall–Kier alpha value is -1.04. The van der Waals surface area contributed by atoms with Gasteiger partial charge in [0.1, 0.15) is 11.5 Å². The minimum atomic E-state index is 0.119. The molecule has 0 aliphatic heterocycles. The molecule has 2 aromatic rings. The second-order valence-electron chi connectivity index (χ2n) is 4.42. The number of halogens is 1. The molecule has 5 heteroatoms. The van der Waals surface area contributed by atoms with Gasteiger partial charge in [-0.3, -0.25) is 0 Å². The van der Waals surface area contributed by atoms with Crippen LogP contribution in [0.4, 0.5) is 0 Å². The van der Waals surface area contributed by atoms with Crippen molar-refractivity contribution in [3.63, 3.8) is 0 Å². The highest BCUT2D eigenvalue weighted by atomic mass is 79.9. The minimum absolute atomic E-state index is 0.119. The number of ether oxygens (including phenoxy) is 2. The molecule has 0 bridgehead atoms.